The number of hydrogen-bond acceptors (Lipinski definition) is 4. The third-order valence-corrected chi connectivity index (χ3v) is 3.25. The number of halogens is 1. The van der Waals surface area contributed by atoms with Crippen LogP contribution in [0.5, 0.6) is 0 Å². The lowest BCUT2D eigenvalue weighted by Gasteiger charge is -2.44. The number of likely N-dealkylation sites (tertiary alicyclic amines) is 1. The monoisotopic (exact) mass is 234 g/mol. The van der Waals surface area contributed by atoms with Crippen molar-refractivity contribution in [2.45, 2.75) is 31.3 Å². The number of rotatable bonds is 2. The van der Waals surface area contributed by atoms with Crippen molar-refractivity contribution in [3.05, 3.63) is 0 Å². The summed E-state index contributed by atoms with van der Waals surface area (Å²) in [5.74, 6) is -0.0587. The molecule has 2 rings (SSSR count). The van der Waals surface area contributed by atoms with Gasteiger partial charge in [0.1, 0.15) is 6.04 Å². The van der Waals surface area contributed by atoms with Gasteiger partial charge in [-0.25, -0.2) is 0 Å². The Bertz CT molecular complexity index is 221. The van der Waals surface area contributed by atoms with Gasteiger partial charge in [0.2, 0.25) is 0 Å². The Kier molecular flexibility index (Phi) is 4.83. The SMILES string of the molecule is COC(=O)[C@H]1CCCCN1C1CNC1.Cl. The molecule has 0 radical (unpaired) electrons. The Morgan fingerprint density at radius 1 is 1.40 bits per heavy atom. The van der Waals surface area contributed by atoms with Gasteiger partial charge in [0, 0.05) is 19.1 Å². The van der Waals surface area contributed by atoms with Crippen LogP contribution in [0.25, 0.3) is 0 Å². The van der Waals surface area contributed by atoms with E-state index < -0.39 is 0 Å². The summed E-state index contributed by atoms with van der Waals surface area (Å²) in [6.07, 6.45) is 3.32. The highest BCUT2D eigenvalue weighted by Gasteiger charge is 2.36. The van der Waals surface area contributed by atoms with Crippen molar-refractivity contribution in [2.24, 2.45) is 0 Å². The van der Waals surface area contributed by atoms with Crippen LogP contribution in [-0.2, 0) is 9.53 Å². The van der Waals surface area contributed by atoms with Gasteiger partial charge in [-0.3, -0.25) is 9.69 Å². The van der Waals surface area contributed by atoms with E-state index in [1.54, 1.807) is 0 Å². The van der Waals surface area contributed by atoms with E-state index in [1.165, 1.54) is 13.5 Å². The second kappa shape index (κ2) is 5.68. The quantitative estimate of drug-likeness (QED) is 0.703. The van der Waals surface area contributed by atoms with Gasteiger partial charge in [0.15, 0.2) is 0 Å². The lowest BCUT2D eigenvalue weighted by atomic mass is 9.97. The number of carbonyl (C=O) groups is 1. The molecule has 0 amide bonds. The van der Waals surface area contributed by atoms with Gasteiger partial charge in [-0.1, -0.05) is 6.42 Å². The maximum Gasteiger partial charge on any atom is 0.323 e. The number of esters is 1. The molecule has 2 saturated heterocycles. The first-order valence-electron chi connectivity index (χ1n) is 5.37. The van der Waals surface area contributed by atoms with Crippen LogP contribution in [0.3, 0.4) is 0 Å². The first-order valence-corrected chi connectivity index (χ1v) is 5.37. The zero-order valence-corrected chi connectivity index (χ0v) is 9.89. The summed E-state index contributed by atoms with van der Waals surface area (Å²) in [5.41, 5.74) is 0. The van der Waals surface area contributed by atoms with Crippen LogP contribution in [0.4, 0.5) is 0 Å². The van der Waals surface area contributed by atoms with Crippen LogP contribution in [0, 0.1) is 0 Å². The summed E-state index contributed by atoms with van der Waals surface area (Å²) in [5, 5.41) is 3.24. The fraction of sp³-hybridized carbons (Fsp3) is 0.900. The summed E-state index contributed by atoms with van der Waals surface area (Å²) >= 11 is 0. The lowest BCUT2D eigenvalue weighted by molar-refractivity contribution is -0.150. The number of nitrogens with one attached hydrogen (secondary N) is 1. The van der Waals surface area contributed by atoms with Crippen molar-refractivity contribution < 1.29 is 9.53 Å². The molecule has 2 aliphatic heterocycles. The summed E-state index contributed by atoms with van der Waals surface area (Å²) in [6, 6.07) is 0.570. The van der Waals surface area contributed by atoms with E-state index in [1.807, 2.05) is 0 Å². The highest BCUT2D eigenvalue weighted by molar-refractivity contribution is 5.85. The predicted molar refractivity (Wildman–Crippen MR) is 60.3 cm³/mol. The minimum absolute atomic E-state index is 0. The zero-order valence-electron chi connectivity index (χ0n) is 9.07. The number of hydrogen-bond donors (Lipinski definition) is 1. The van der Waals surface area contributed by atoms with Gasteiger partial charge in [-0.05, 0) is 19.4 Å². The fourth-order valence-electron chi connectivity index (χ4n) is 2.29. The summed E-state index contributed by atoms with van der Waals surface area (Å²) < 4.78 is 4.84. The van der Waals surface area contributed by atoms with Gasteiger partial charge in [-0.2, -0.15) is 0 Å². The molecular weight excluding hydrogens is 216 g/mol. The van der Waals surface area contributed by atoms with Gasteiger partial charge in [0.05, 0.1) is 7.11 Å². The standard InChI is InChI=1S/C10H18N2O2.ClH/c1-14-10(13)9-4-2-3-5-12(9)8-6-11-7-8;/h8-9,11H,2-7H2,1H3;1H/t9-;/m1./s1. The van der Waals surface area contributed by atoms with Crippen LogP contribution in [-0.4, -0.2) is 49.7 Å². The van der Waals surface area contributed by atoms with Gasteiger partial charge in [0.25, 0.3) is 0 Å². The van der Waals surface area contributed by atoms with E-state index in [0.717, 1.165) is 32.5 Å². The van der Waals surface area contributed by atoms with Crippen molar-refractivity contribution in [1.29, 1.82) is 0 Å². The van der Waals surface area contributed by atoms with E-state index in [0.29, 0.717) is 6.04 Å². The molecule has 4 nitrogen and oxygen atoms in total. The van der Waals surface area contributed by atoms with Crippen molar-refractivity contribution >= 4 is 18.4 Å². The average Bonchev–Trinajstić information content (AvgIpc) is 2.15. The molecule has 0 aromatic rings. The van der Waals surface area contributed by atoms with Crippen LogP contribution in [0.2, 0.25) is 0 Å². The molecule has 0 aromatic heterocycles. The first-order chi connectivity index (χ1) is 6.83. The second-order valence-corrected chi connectivity index (χ2v) is 4.08. The molecule has 88 valence electrons. The third kappa shape index (κ3) is 2.62. The van der Waals surface area contributed by atoms with Gasteiger partial charge >= 0.3 is 5.97 Å². The molecule has 0 bridgehead atoms. The highest BCUT2D eigenvalue weighted by Crippen LogP contribution is 2.22. The van der Waals surface area contributed by atoms with Crippen molar-refractivity contribution in [2.75, 3.05) is 26.7 Å². The van der Waals surface area contributed by atoms with Gasteiger partial charge in [-0.15, -0.1) is 12.4 Å². The summed E-state index contributed by atoms with van der Waals surface area (Å²) in [4.78, 5) is 13.8. The number of piperidine rings is 1. The topological polar surface area (TPSA) is 41.6 Å². The minimum Gasteiger partial charge on any atom is -0.468 e. The number of methoxy groups -OCH3 is 1. The van der Waals surface area contributed by atoms with Crippen molar-refractivity contribution in [1.82, 2.24) is 10.2 Å². The first kappa shape index (κ1) is 12.7. The molecule has 0 saturated carbocycles. The normalized spacial score (nSPS) is 27.7. The molecule has 0 aromatic carbocycles. The van der Waals surface area contributed by atoms with Crippen LogP contribution in [0.15, 0.2) is 0 Å². The Morgan fingerprint density at radius 2 is 2.13 bits per heavy atom. The molecule has 1 N–H and O–H groups in total. The molecular formula is C10H19ClN2O2. The Balaban J connectivity index is 0.00000112. The smallest absolute Gasteiger partial charge is 0.323 e. The molecule has 15 heavy (non-hydrogen) atoms. The Labute approximate surface area is 96.7 Å². The number of nitrogens with zero attached hydrogens (tertiary/aromatic N) is 1. The number of ether oxygens (including phenoxy) is 1. The molecule has 0 aliphatic carbocycles. The molecule has 1 atom stereocenters. The van der Waals surface area contributed by atoms with Crippen LogP contribution in [0.1, 0.15) is 19.3 Å². The van der Waals surface area contributed by atoms with Crippen LogP contribution < -0.4 is 5.32 Å². The summed E-state index contributed by atoms with van der Waals surface area (Å²) in [6.45, 7) is 3.09. The van der Waals surface area contributed by atoms with E-state index >= 15 is 0 Å². The molecule has 0 unspecified atom stereocenters. The average molecular weight is 235 g/mol. The van der Waals surface area contributed by atoms with Crippen LogP contribution >= 0.6 is 12.4 Å². The molecule has 2 fully saturated rings. The highest BCUT2D eigenvalue weighted by atomic mass is 35.5. The van der Waals surface area contributed by atoms with Crippen molar-refractivity contribution in [3.8, 4) is 0 Å². The minimum atomic E-state index is -0.0587. The molecule has 2 heterocycles. The second-order valence-electron chi connectivity index (χ2n) is 4.08. The maximum atomic E-state index is 11.5. The molecule has 0 spiro atoms. The third-order valence-electron chi connectivity index (χ3n) is 3.25. The predicted octanol–water partition coefficient (Wildman–Crippen LogP) is 0.407. The van der Waals surface area contributed by atoms with Crippen molar-refractivity contribution in [3.63, 3.8) is 0 Å². The van der Waals surface area contributed by atoms with E-state index in [-0.39, 0.29) is 24.4 Å². The van der Waals surface area contributed by atoms with E-state index in [2.05, 4.69) is 10.2 Å². The van der Waals surface area contributed by atoms with Gasteiger partial charge < -0.3 is 10.1 Å². The summed E-state index contributed by atoms with van der Waals surface area (Å²) in [7, 11) is 1.48. The van der Waals surface area contributed by atoms with E-state index in [4.69, 9.17) is 4.74 Å². The lowest BCUT2D eigenvalue weighted by Crippen LogP contribution is -2.62. The Hall–Kier alpha value is -0.320. The largest absolute Gasteiger partial charge is 0.468 e. The fourth-order valence-corrected chi connectivity index (χ4v) is 2.29. The molecule has 2 aliphatic rings. The maximum absolute atomic E-state index is 11.5. The Morgan fingerprint density at radius 3 is 2.67 bits per heavy atom. The number of carbonyl (C=O) groups excluding carboxylic acids is 1. The van der Waals surface area contributed by atoms with E-state index in [9.17, 15) is 4.79 Å². The molecule has 5 heteroatoms. The zero-order chi connectivity index (χ0) is 9.97.